The van der Waals surface area contributed by atoms with E-state index in [2.05, 4.69) is 15.6 Å². The SMILES string of the molecule is CCOc1ncccc1NC(=O)NC(C)c1ccc(C)o1. The third-order valence-electron chi connectivity index (χ3n) is 2.84. The molecule has 2 aromatic heterocycles. The number of hydrogen-bond donors (Lipinski definition) is 2. The lowest BCUT2D eigenvalue weighted by Gasteiger charge is -2.14. The van der Waals surface area contributed by atoms with Crippen LogP contribution in [0.1, 0.15) is 31.4 Å². The van der Waals surface area contributed by atoms with Gasteiger partial charge < -0.3 is 19.8 Å². The van der Waals surface area contributed by atoms with Crippen molar-refractivity contribution in [2.75, 3.05) is 11.9 Å². The van der Waals surface area contributed by atoms with Gasteiger partial charge in [0, 0.05) is 6.20 Å². The molecular formula is C15H19N3O3. The van der Waals surface area contributed by atoms with Crippen LogP contribution in [0.5, 0.6) is 5.88 Å². The predicted octanol–water partition coefficient (Wildman–Crippen LogP) is 3.26. The molecule has 0 radical (unpaired) electrons. The lowest BCUT2D eigenvalue weighted by molar-refractivity contribution is 0.247. The fraction of sp³-hybridized carbons (Fsp3) is 0.333. The van der Waals surface area contributed by atoms with Crippen LogP contribution in [0, 0.1) is 6.92 Å². The molecule has 0 fully saturated rings. The second-order valence-electron chi connectivity index (χ2n) is 4.56. The van der Waals surface area contributed by atoms with Crippen LogP contribution in [0.4, 0.5) is 10.5 Å². The van der Waals surface area contributed by atoms with Gasteiger partial charge in [-0.15, -0.1) is 0 Å². The molecule has 0 spiro atoms. The van der Waals surface area contributed by atoms with E-state index in [-0.39, 0.29) is 12.1 Å². The number of aromatic nitrogens is 1. The summed E-state index contributed by atoms with van der Waals surface area (Å²) in [5.41, 5.74) is 0.527. The monoisotopic (exact) mass is 289 g/mol. The largest absolute Gasteiger partial charge is 0.476 e. The van der Waals surface area contributed by atoms with Gasteiger partial charge in [-0.2, -0.15) is 0 Å². The number of urea groups is 1. The van der Waals surface area contributed by atoms with Gasteiger partial charge in [0.2, 0.25) is 5.88 Å². The number of furan rings is 1. The molecule has 2 rings (SSSR count). The number of rotatable bonds is 5. The molecule has 0 aliphatic carbocycles. The number of nitrogens with one attached hydrogen (secondary N) is 2. The van der Waals surface area contributed by atoms with Crippen LogP contribution in [0.2, 0.25) is 0 Å². The second kappa shape index (κ2) is 6.78. The third-order valence-corrected chi connectivity index (χ3v) is 2.84. The molecule has 112 valence electrons. The summed E-state index contributed by atoms with van der Waals surface area (Å²) in [7, 11) is 0. The highest BCUT2D eigenvalue weighted by Gasteiger charge is 2.14. The molecule has 2 N–H and O–H groups in total. The molecule has 2 heterocycles. The summed E-state index contributed by atoms with van der Waals surface area (Å²) in [6, 6.07) is 6.60. The van der Waals surface area contributed by atoms with Gasteiger partial charge in [0.25, 0.3) is 0 Å². The number of aryl methyl sites for hydroxylation is 1. The van der Waals surface area contributed by atoms with Crippen molar-refractivity contribution < 1.29 is 13.9 Å². The van der Waals surface area contributed by atoms with Crippen molar-refractivity contribution in [1.29, 1.82) is 0 Å². The van der Waals surface area contributed by atoms with Crippen molar-refractivity contribution in [2.45, 2.75) is 26.8 Å². The van der Waals surface area contributed by atoms with Crippen LogP contribution < -0.4 is 15.4 Å². The number of carbonyl (C=O) groups excluding carboxylic acids is 1. The first-order valence-electron chi connectivity index (χ1n) is 6.81. The first-order valence-corrected chi connectivity index (χ1v) is 6.81. The molecular weight excluding hydrogens is 270 g/mol. The number of pyridine rings is 1. The average Bonchev–Trinajstić information content (AvgIpc) is 2.88. The summed E-state index contributed by atoms with van der Waals surface area (Å²) in [6.45, 7) is 6.06. The van der Waals surface area contributed by atoms with Crippen LogP contribution in [-0.2, 0) is 0 Å². The molecule has 2 amide bonds. The van der Waals surface area contributed by atoms with E-state index in [4.69, 9.17) is 9.15 Å². The minimum absolute atomic E-state index is 0.231. The Labute approximate surface area is 123 Å². The Morgan fingerprint density at radius 1 is 1.43 bits per heavy atom. The van der Waals surface area contributed by atoms with Crippen LogP contribution in [-0.4, -0.2) is 17.6 Å². The highest BCUT2D eigenvalue weighted by atomic mass is 16.5. The Morgan fingerprint density at radius 3 is 2.90 bits per heavy atom. The van der Waals surface area contributed by atoms with Gasteiger partial charge >= 0.3 is 6.03 Å². The lowest BCUT2D eigenvalue weighted by Crippen LogP contribution is -2.31. The van der Waals surface area contributed by atoms with E-state index in [1.165, 1.54) is 0 Å². The van der Waals surface area contributed by atoms with Crippen molar-refractivity contribution >= 4 is 11.7 Å². The van der Waals surface area contributed by atoms with Crippen LogP contribution in [0.25, 0.3) is 0 Å². The molecule has 0 bridgehead atoms. The molecule has 1 atom stereocenters. The summed E-state index contributed by atoms with van der Waals surface area (Å²) in [5.74, 6) is 1.92. The van der Waals surface area contributed by atoms with Gasteiger partial charge in [-0.1, -0.05) is 0 Å². The Balaban J connectivity index is 1.98. The Kier molecular flexibility index (Phi) is 4.81. The molecule has 1 unspecified atom stereocenters. The molecule has 0 aliphatic heterocycles. The summed E-state index contributed by atoms with van der Waals surface area (Å²) < 4.78 is 10.8. The number of ether oxygens (including phenoxy) is 1. The minimum Gasteiger partial charge on any atom is -0.476 e. The van der Waals surface area contributed by atoms with Crippen molar-refractivity contribution in [3.05, 3.63) is 42.0 Å². The van der Waals surface area contributed by atoms with Crippen molar-refractivity contribution in [3.63, 3.8) is 0 Å². The molecule has 0 aliphatic rings. The normalized spacial score (nSPS) is 11.8. The smallest absolute Gasteiger partial charge is 0.319 e. The molecule has 2 aromatic rings. The van der Waals surface area contributed by atoms with E-state index < -0.39 is 0 Å². The Hall–Kier alpha value is -2.50. The maximum absolute atomic E-state index is 12.0. The zero-order chi connectivity index (χ0) is 15.2. The number of amides is 2. The quantitative estimate of drug-likeness (QED) is 0.885. The first kappa shape index (κ1) is 14.9. The zero-order valence-corrected chi connectivity index (χ0v) is 12.3. The standard InChI is InChI=1S/C15H19N3O3/c1-4-20-14-12(6-5-9-16-14)18-15(19)17-11(3)13-8-7-10(2)21-13/h5-9,11H,4H2,1-3H3,(H2,17,18,19). The first-order chi connectivity index (χ1) is 10.1. The molecule has 6 heteroatoms. The summed E-state index contributed by atoms with van der Waals surface area (Å²) in [4.78, 5) is 16.1. The van der Waals surface area contributed by atoms with Gasteiger partial charge in [-0.05, 0) is 45.0 Å². The van der Waals surface area contributed by atoms with Gasteiger partial charge in [0.05, 0.1) is 12.6 Å². The Bertz CT molecular complexity index is 610. The molecule has 21 heavy (non-hydrogen) atoms. The maximum Gasteiger partial charge on any atom is 0.319 e. The summed E-state index contributed by atoms with van der Waals surface area (Å²) in [5, 5.41) is 5.52. The topological polar surface area (TPSA) is 76.4 Å². The zero-order valence-electron chi connectivity index (χ0n) is 12.3. The number of anilines is 1. The number of nitrogens with zero attached hydrogens (tertiary/aromatic N) is 1. The van der Waals surface area contributed by atoms with Gasteiger partial charge in [0.1, 0.15) is 17.2 Å². The van der Waals surface area contributed by atoms with E-state index >= 15 is 0 Å². The van der Waals surface area contributed by atoms with Crippen molar-refractivity contribution in [2.24, 2.45) is 0 Å². The minimum atomic E-state index is -0.342. The van der Waals surface area contributed by atoms with Crippen LogP contribution >= 0.6 is 0 Å². The van der Waals surface area contributed by atoms with Crippen LogP contribution in [0.3, 0.4) is 0 Å². The van der Waals surface area contributed by atoms with Crippen LogP contribution in [0.15, 0.2) is 34.9 Å². The fourth-order valence-corrected chi connectivity index (χ4v) is 1.85. The van der Waals surface area contributed by atoms with E-state index in [0.29, 0.717) is 23.9 Å². The van der Waals surface area contributed by atoms with E-state index in [1.807, 2.05) is 32.9 Å². The molecule has 0 saturated carbocycles. The van der Waals surface area contributed by atoms with E-state index in [0.717, 1.165) is 5.76 Å². The molecule has 0 aromatic carbocycles. The van der Waals surface area contributed by atoms with E-state index in [9.17, 15) is 4.79 Å². The number of carbonyl (C=O) groups is 1. The summed E-state index contributed by atoms with van der Waals surface area (Å²) in [6.07, 6.45) is 1.61. The molecule has 6 nitrogen and oxygen atoms in total. The summed E-state index contributed by atoms with van der Waals surface area (Å²) >= 11 is 0. The third kappa shape index (κ3) is 3.98. The van der Waals surface area contributed by atoms with Crippen molar-refractivity contribution in [1.82, 2.24) is 10.3 Å². The molecule has 0 saturated heterocycles. The highest BCUT2D eigenvalue weighted by molar-refractivity contribution is 5.90. The highest BCUT2D eigenvalue weighted by Crippen LogP contribution is 2.21. The average molecular weight is 289 g/mol. The maximum atomic E-state index is 12.0. The van der Waals surface area contributed by atoms with Gasteiger partial charge in [-0.25, -0.2) is 9.78 Å². The predicted molar refractivity (Wildman–Crippen MR) is 79.4 cm³/mol. The van der Waals surface area contributed by atoms with Gasteiger partial charge in [-0.3, -0.25) is 0 Å². The van der Waals surface area contributed by atoms with Gasteiger partial charge in [0.15, 0.2) is 0 Å². The fourth-order valence-electron chi connectivity index (χ4n) is 1.85. The van der Waals surface area contributed by atoms with Crippen molar-refractivity contribution in [3.8, 4) is 5.88 Å². The number of hydrogen-bond acceptors (Lipinski definition) is 4. The van der Waals surface area contributed by atoms with E-state index in [1.54, 1.807) is 18.3 Å². The second-order valence-corrected chi connectivity index (χ2v) is 4.56. The Morgan fingerprint density at radius 2 is 2.24 bits per heavy atom. The lowest BCUT2D eigenvalue weighted by atomic mass is 10.2.